The summed E-state index contributed by atoms with van der Waals surface area (Å²) < 4.78 is 1.82. The first-order valence-electron chi connectivity index (χ1n) is 4.12. The molecule has 0 bridgehead atoms. The van der Waals surface area contributed by atoms with E-state index in [0.717, 1.165) is 11.8 Å². The molecule has 0 unspecified atom stereocenters. The first-order valence-corrected chi connectivity index (χ1v) is 6.01. The quantitative estimate of drug-likeness (QED) is 0.584. The van der Waals surface area contributed by atoms with Crippen molar-refractivity contribution in [3.8, 4) is 0 Å². The summed E-state index contributed by atoms with van der Waals surface area (Å²) >= 11 is 3.06. The summed E-state index contributed by atoms with van der Waals surface area (Å²) in [6.07, 6.45) is 1.32. The van der Waals surface area contributed by atoms with Crippen LogP contribution in [0.2, 0.25) is 0 Å². The molecule has 2 heterocycles. The molecule has 0 saturated heterocycles. The number of rotatable bonds is 2. The molecule has 2 N–H and O–H groups in total. The van der Waals surface area contributed by atoms with Crippen LogP contribution in [0.1, 0.15) is 0 Å². The third kappa shape index (κ3) is 2.04. The van der Waals surface area contributed by atoms with Crippen LogP contribution in [0.5, 0.6) is 0 Å². The molecule has 84 valence electrons. The minimum Gasteiger partial charge on any atom is -0.312 e. The van der Waals surface area contributed by atoms with Crippen molar-refractivity contribution < 1.29 is 0 Å². The Morgan fingerprint density at radius 2 is 2.25 bits per heavy atom. The first-order chi connectivity index (χ1) is 7.59. The molecule has 0 radical (unpaired) electrons. The summed E-state index contributed by atoms with van der Waals surface area (Å²) in [6, 6.07) is 0. The molecule has 0 aromatic carbocycles. The Hall–Kier alpha value is -1.10. The van der Waals surface area contributed by atoms with Crippen LogP contribution in [0.15, 0.2) is 26.1 Å². The Morgan fingerprint density at radius 1 is 1.50 bits per heavy atom. The fourth-order valence-corrected chi connectivity index (χ4v) is 2.35. The molecule has 2 aromatic rings. The van der Waals surface area contributed by atoms with Crippen LogP contribution in [0.25, 0.3) is 0 Å². The van der Waals surface area contributed by atoms with Gasteiger partial charge in [-0.15, -0.1) is 5.10 Å². The van der Waals surface area contributed by atoms with E-state index in [1.54, 1.807) is 7.05 Å². The summed E-state index contributed by atoms with van der Waals surface area (Å²) in [5.41, 5.74) is -0.513. The second-order valence-corrected chi connectivity index (χ2v) is 4.86. The van der Waals surface area contributed by atoms with Crippen LogP contribution in [-0.4, -0.2) is 24.7 Å². The topological polar surface area (TPSA) is 96.4 Å². The second-order valence-electron chi connectivity index (χ2n) is 2.82. The van der Waals surface area contributed by atoms with E-state index in [0.29, 0.717) is 13.8 Å². The Morgan fingerprint density at radius 3 is 2.88 bits per heavy atom. The molecule has 7 nitrogen and oxygen atoms in total. The highest BCUT2D eigenvalue weighted by atomic mass is 127. The molecule has 0 fully saturated rings. The highest BCUT2D eigenvalue weighted by molar-refractivity contribution is 14.1. The number of halogens is 1. The van der Waals surface area contributed by atoms with Gasteiger partial charge in [-0.2, -0.15) is 0 Å². The maximum Gasteiger partial charge on any atom is 0.343 e. The van der Waals surface area contributed by atoms with Gasteiger partial charge in [0.05, 0.1) is 6.33 Å². The van der Waals surface area contributed by atoms with Gasteiger partial charge in [-0.05, 0) is 34.4 Å². The molecule has 0 aliphatic carbocycles. The largest absolute Gasteiger partial charge is 0.343 e. The summed E-state index contributed by atoms with van der Waals surface area (Å²) in [6.45, 7) is 0. The van der Waals surface area contributed by atoms with Gasteiger partial charge in [0.1, 0.15) is 8.60 Å². The maximum atomic E-state index is 11.3. The number of nitrogens with zero attached hydrogens (tertiary/aromatic N) is 3. The smallest absolute Gasteiger partial charge is 0.312 e. The van der Waals surface area contributed by atoms with E-state index in [2.05, 4.69) is 20.2 Å². The van der Waals surface area contributed by atoms with Crippen molar-refractivity contribution in [3.63, 3.8) is 0 Å². The zero-order valence-electron chi connectivity index (χ0n) is 8.02. The lowest BCUT2D eigenvalue weighted by atomic mass is 10.7. The van der Waals surface area contributed by atoms with Gasteiger partial charge >= 0.3 is 5.69 Å². The molecule has 0 aliphatic heterocycles. The summed E-state index contributed by atoms with van der Waals surface area (Å²) in [5.74, 6) is 0. The Kier molecular flexibility index (Phi) is 3.14. The molecule has 0 saturated carbocycles. The number of hydrogen-bond donors (Lipinski definition) is 2. The standard InChI is InChI=1S/C7H6IN5O2S/c1-13-6(15)11-12-7(13)16-5-3(8)4(14)9-2-10-5/h2H,1H3,(H,11,15)(H,9,10,14). The number of hydrogen-bond acceptors (Lipinski definition) is 5. The molecule has 0 aliphatic rings. The lowest BCUT2D eigenvalue weighted by molar-refractivity contribution is 0.764. The van der Waals surface area contributed by atoms with Gasteiger partial charge in [0, 0.05) is 7.05 Å². The minimum absolute atomic E-state index is 0.210. The number of nitrogens with one attached hydrogen (secondary N) is 2. The number of aromatic amines is 2. The molecular formula is C7H6IN5O2S. The highest BCUT2D eigenvalue weighted by Gasteiger charge is 2.11. The summed E-state index contributed by atoms with van der Waals surface area (Å²) in [4.78, 5) is 28.9. The molecule has 9 heteroatoms. The lowest BCUT2D eigenvalue weighted by Crippen LogP contribution is -2.14. The van der Waals surface area contributed by atoms with E-state index in [4.69, 9.17) is 0 Å². The van der Waals surface area contributed by atoms with Crippen LogP contribution in [0, 0.1) is 3.57 Å². The van der Waals surface area contributed by atoms with E-state index in [9.17, 15) is 9.59 Å². The Bertz CT molecular complexity index is 630. The number of aromatic nitrogens is 5. The first kappa shape index (κ1) is 11.4. The summed E-state index contributed by atoms with van der Waals surface area (Å²) in [7, 11) is 1.59. The Balaban J connectivity index is 2.42. The fourth-order valence-electron chi connectivity index (χ4n) is 0.948. The van der Waals surface area contributed by atoms with Crippen molar-refractivity contribution >= 4 is 34.4 Å². The van der Waals surface area contributed by atoms with Gasteiger partial charge in [0.15, 0.2) is 5.16 Å². The monoisotopic (exact) mass is 351 g/mol. The minimum atomic E-state index is -0.303. The molecule has 0 amide bonds. The Labute approximate surface area is 107 Å². The van der Waals surface area contributed by atoms with Crippen molar-refractivity contribution in [2.24, 2.45) is 7.05 Å². The van der Waals surface area contributed by atoms with Crippen molar-refractivity contribution in [2.45, 2.75) is 10.2 Å². The normalized spacial score (nSPS) is 10.6. The van der Waals surface area contributed by atoms with E-state index in [-0.39, 0.29) is 11.2 Å². The van der Waals surface area contributed by atoms with Crippen molar-refractivity contribution in [1.82, 2.24) is 24.7 Å². The predicted molar refractivity (Wildman–Crippen MR) is 65.5 cm³/mol. The van der Waals surface area contributed by atoms with Crippen molar-refractivity contribution in [2.75, 3.05) is 0 Å². The molecular weight excluding hydrogens is 345 g/mol. The molecule has 0 spiro atoms. The van der Waals surface area contributed by atoms with Gasteiger partial charge in [0.25, 0.3) is 5.56 Å². The highest BCUT2D eigenvalue weighted by Crippen LogP contribution is 2.24. The SMILES string of the molecule is Cn1c(Sc2nc[nH]c(=O)c2I)n[nH]c1=O. The predicted octanol–water partition coefficient (Wildman–Crippen LogP) is -0.0525. The van der Waals surface area contributed by atoms with Crippen LogP contribution in [0.3, 0.4) is 0 Å². The van der Waals surface area contributed by atoms with E-state index in [1.807, 2.05) is 22.6 Å². The van der Waals surface area contributed by atoms with Gasteiger partial charge in [-0.1, -0.05) is 0 Å². The van der Waals surface area contributed by atoms with Crippen LogP contribution in [0.4, 0.5) is 0 Å². The van der Waals surface area contributed by atoms with Crippen molar-refractivity contribution in [1.29, 1.82) is 0 Å². The fraction of sp³-hybridized carbons (Fsp3) is 0.143. The third-order valence-electron chi connectivity index (χ3n) is 1.79. The second kappa shape index (κ2) is 4.41. The van der Waals surface area contributed by atoms with E-state index < -0.39 is 0 Å². The van der Waals surface area contributed by atoms with E-state index >= 15 is 0 Å². The zero-order chi connectivity index (χ0) is 11.7. The lowest BCUT2D eigenvalue weighted by Gasteiger charge is -2.00. The number of H-pyrrole nitrogens is 2. The molecule has 16 heavy (non-hydrogen) atoms. The van der Waals surface area contributed by atoms with Crippen LogP contribution >= 0.6 is 34.4 Å². The van der Waals surface area contributed by atoms with Gasteiger partial charge in [-0.25, -0.2) is 14.9 Å². The average molecular weight is 351 g/mol. The summed E-state index contributed by atoms with van der Waals surface area (Å²) in [5, 5.41) is 7.10. The third-order valence-corrected chi connectivity index (χ3v) is 4.21. The molecule has 2 aromatic heterocycles. The average Bonchev–Trinajstić information content (AvgIpc) is 2.57. The van der Waals surface area contributed by atoms with Gasteiger partial charge in [-0.3, -0.25) is 9.36 Å². The molecule has 0 atom stereocenters. The van der Waals surface area contributed by atoms with Gasteiger partial charge < -0.3 is 4.98 Å². The molecule has 2 rings (SSSR count). The van der Waals surface area contributed by atoms with E-state index in [1.165, 1.54) is 10.9 Å². The van der Waals surface area contributed by atoms with Crippen LogP contribution in [-0.2, 0) is 7.05 Å². The zero-order valence-corrected chi connectivity index (χ0v) is 11.0. The van der Waals surface area contributed by atoms with Crippen molar-refractivity contribution in [3.05, 3.63) is 30.7 Å². The maximum absolute atomic E-state index is 11.3. The van der Waals surface area contributed by atoms with Gasteiger partial charge in [0.2, 0.25) is 0 Å². The van der Waals surface area contributed by atoms with Crippen LogP contribution < -0.4 is 11.2 Å².